The molecule has 0 radical (unpaired) electrons. The highest BCUT2D eigenvalue weighted by Crippen LogP contribution is 2.32. The lowest BCUT2D eigenvalue weighted by molar-refractivity contribution is -0.133. The van der Waals surface area contributed by atoms with Crippen LogP contribution in [0.5, 0.6) is 11.5 Å². The quantitative estimate of drug-likeness (QED) is 0.821. The second-order valence-electron chi connectivity index (χ2n) is 6.67. The van der Waals surface area contributed by atoms with E-state index in [2.05, 4.69) is 5.32 Å². The molecule has 8 heteroatoms. The number of hydrogen-bond donors (Lipinski definition) is 1. The predicted octanol–water partition coefficient (Wildman–Crippen LogP) is 0.0782. The molecule has 0 spiro atoms. The molecule has 4 rings (SSSR count). The lowest BCUT2D eigenvalue weighted by atomic mass is 10.1. The number of rotatable bonds is 3. The standard InChI is InChI=1S/C18H23N3O5/c22-17(10-14-11-24-8-3-19-14)20-4-6-21(7-5-20)18(23)13-1-2-15-16(9-13)26-12-25-15/h1-2,9,14,19H,3-8,10-12H2. The Morgan fingerprint density at radius 1 is 1.08 bits per heavy atom. The number of fused-ring (bicyclic) bond motifs is 1. The van der Waals surface area contributed by atoms with Crippen molar-refractivity contribution in [3.63, 3.8) is 0 Å². The van der Waals surface area contributed by atoms with E-state index < -0.39 is 0 Å². The Morgan fingerprint density at radius 3 is 2.62 bits per heavy atom. The number of carbonyl (C=O) groups is 2. The Morgan fingerprint density at radius 2 is 1.85 bits per heavy atom. The monoisotopic (exact) mass is 361 g/mol. The zero-order valence-corrected chi connectivity index (χ0v) is 14.6. The minimum Gasteiger partial charge on any atom is -0.454 e. The van der Waals surface area contributed by atoms with E-state index in [1.165, 1.54) is 0 Å². The summed E-state index contributed by atoms with van der Waals surface area (Å²) in [6.07, 6.45) is 0.441. The van der Waals surface area contributed by atoms with E-state index in [-0.39, 0.29) is 24.6 Å². The summed E-state index contributed by atoms with van der Waals surface area (Å²) in [4.78, 5) is 28.7. The van der Waals surface area contributed by atoms with Gasteiger partial charge in [-0.2, -0.15) is 0 Å². The lowest BCUT2D eigenvalue weighted by Crippen LogP contribution is -2.52. The normalized spacial score (nSPS) is 22.4. The van der Waals surface area contributed by atoms with Gasteiger partial charge in [0.2, 0.25) is 12.7 Å². The van der Waals surface area contributed by atoms with Gasteiger partial charge in [-0.05, 0) is 18.2 Å². The molecule has 3 heterocycles. The molecule has 1 N–H and O–H groups in total. The summed E-state index contributed by atoms with van der Waals surface area (Å²) in [5.41, 5.74) is 0.581. The molecule has 3 aliphatic rings. The fourth-order valence-corrected chi connectivity index (χ4v) is 3.46. The van der Waals surface area contributed by atoms with Crippen molar-refractivity contribution in [2.24, 2.45) is 0 Å². The maximum absolute atomic E-state index is 12.7. The van der Waals surface area contributed by atoms with Crippen molar-refractivity contribution in [2.45, 2.75) is 12.5 Å². The van der Waals surface area contributed by atoms with Gasteiger partial charge in [-0.3, -0.25) is 9.59 Å². The topological polar surface area (TPSA) is 80.3 Å². The zero-order chi connectivity index (χ0) is 17.9. The molecular weight excluding hydrogens is 338 g/mol. The maximum atomic E-state index is 12.7. The number of morpholine rings is 1. The molecule has 3 aliphatic heterocycles. The number of carbonyl (C=O) groups excluding carboxylic acids is 2. The number of piperazine rings is 1. The van der Waals surface area contributed by atoms with Crippen LogP contribution in [0.15, 0.2) is 18.2 Å². The summed E-state index contributed by atoms with van der Waals surface area (Å²) >= 11 is 0. The second kappa shape index (κ2) is 7.51. The highest BCUT2D eigenvalue weighted by Gasteiger charge is 2.27. The number of nitrogens with zero attached hydrogens (tertiary/aromatic N) is 2. The van der Waals surface area contributed by atoms with Crippen LogP contribution < -0.4 is 14.8 Å². The van der Waals surface area contributed by atoms with E-state index >= 15 is 0 Å². The number of nitrogens with one attached hydrogen (secondary N) is 1. The molecule has 2 fully saturated rings. The molecule has 1 aromatic rings. The van der Waals surface area contributed by atoms with Crippen LogP contribution in [0.4, 0.5) is 0 Å². The molecular formula is C18H23N3O5. The Kier molecular flexibility index (Phi) is 4.94. The summed E-state index contributed by atoms with van der Waals surface area (Å²) in [7, 11) is 0. The van der Waals surface area contributed by atoms with Gasteiger partial charge in [0.25, 0.3) is 5.91 Å². The van der Waals surface area contributed by atoms with Crippen molar-refractivity contribution in [3.05, 3.63) is 23.8 Å². The van der Waals surface area contributed by atoms with Crippen molar-refractivity contribution in [1.82, 2.24) is 15.1 Å². The summed E-state index contributed by atoms with van der Waals surface area (Å²) < 4.78 is 16.0. The summed E-state index contributed by atoms with van der Waals surface area (Å²) in [5, 5.41) is 3.30. The molecule has 26 heavy (non-hydrogen) atoms. The number of ether oxygens (including phenoxy) is 3. The number of amides is 2. The van der Waals surface area contributed by atoms with Crippen LogP contribution in [0, 0.1) is 0 Å². The predicted molar refractivity (Wildman–Crippen MR) is 92.3 cm³/mol. The summed E-state index contributed by atoms with van der Waals surface area (Å²) in [6.45, 7) is 4.44. The molecule has 1 aromatic carbocycles. The third-order valence-electron chi connectivity index (χ3n) is 4.96. The molecule has 1 atom stereocenters. The number of hydrogen-bond acceptors (Lipinski definition) is 6. The van der Waals surface area contributed by atoms with Crippen LogP contribution in [0.1, 0.15) is 16.8 Å². The van der Waals surface area contributed by atoms with Gasteiger partial charge in [0, 0.05) is 50.7 Å². The first kappa shape index (κ1) is 17.1. The molecule has 1 unspecified atom stereocenters. The Labute approximate surface area is 152 Å². The first-order valence-corrected chi connectivity index (χ1v) is 8.98. The van der Waals surface area contributed by atoms with Crippen molar-refractivity contribution in [3.8, 4) is 11.5 Å². The van der Waals surface area contributed by atoms with Gasteiger partial charge in [-0.25, -0.2) is 0 Å². The van der Waals surface area contributed by atoms with Crippen LogP contribution in [-0.2, 0) is 9.53 Å². The summed E-state index contributed by atoms with van der Waals surface area (Å²) in [6, 6.07) is 5.32. The van der Waals surface area contributed by atoms with Crippen LogP contribution in [0.25, 0.3) is 0 Å². The lowest BCUT2D eigenvalue weighted by Gasteiger charge is -2.36. The molecule has 2 amide bonds. The van der Waals surface area contributed by atoms with Crippen LogP contribution in [0.3, 0.4) is 0 Å². The maximum Gasteiger partial charge on any atom is 0.254 e. The van der Waals surface area contributed by atoms with Gasteiger partial charge >= 0.3 is 0 Å². The third kappa shape index (κ3) is 3.61. The molecule has 0 saturated carbocycles. The van der Waals surface area contributed by atoms with Crippen molar-refractivity contribution in [1.29, 1.82) is 0 Å². The van der Waals surface area contributed by atoms with Gasteiger partial charge in [0.15, 0.2) is 11.5 Å². The highest BCUT2D eigenvalue weighted by atomic mass is 16.7. The first-order valence-electron chi connectivity index (χ1n) is 8.98. The fraction of sp³-hybridized carbons (Fsp3) is 0.556. The average Bonchev–Trinajstić information content (AvgIpc) is 3.16. The van der Waals surface area contributed by atoms with Crippen molar-refractivity contribution >= 4 is 11.8 Å². The van der Waals surface area contributed by atoms with Crippen molar-refractivity contribution < 1.29 is 23.8 Å². The molecule has 140 valence electrons. The average molecular weight is 361 g/mol. The van der Waals surface area contributed by atoms with E-state index in [0.29, 0.717) is 62.9 Å². The fourth-order valence-electron chi connectivity index (χ4n) is 3.46. The van der Waals surface area contributed by atoms with Crippen molar-refractivity contribution in [2.75, 3.05) is 52.7 Å². The molecule has 2 saturated heterocycles. The van der Waals surface area contributed by atoms with Crippen LogP contribution >= 0.6 is 0 Å². The third-order valence-corrected chi connectivity index (χ3v) is 4.96. The van der Waals surface area contributed by atoms with Gasteiger partial charge in [0.05, 0.1) is 13.2 Å². The number of benzene rings is 1. The zero-order valence-electron chi connectivity index (χ0n) is 14.6. The summed E-state index contributed by atoms with van der Waals surface area (Å²) in [5.74, 6) is 1.34. The van der Waals surface area contributed by atoms with E-state index in [9.17, 15) is 9.59 Å². The van der Waals surface area contributed by atoms with Crippen LogP contribution in [-0.4, -0.2) is 80.4 Å². The van der Waals surface area contributed by atoms with E-state index in [1.807, 2.05) is 4.90 Å². The van der Waals surface area contributed by atoms with Gasteiger partial charge in [-0.15, -0.1) is 0 Å². The van der Waals surface area contributed by atoms with E-state index in [0.717, 1.165) is 6.54 Å². The minimum atomic E-state index is -0.0438. The Hall–Kier alpha value is -2.32. The second-order valence-corrected chi connectivity index (χ2v) is 6.67. The molecule has 0 bridgehead atoms. The van der Waals surface area contributed by atoms with Gasteiger partial charge < -0.3 is 29.3 Å². The van der Waals surface area contributed by atoms with E-state index in [4.69, 9.17) is 14.2 Å². The smallest absolute Gasteiger partial charge is 0.254 e. The minimum absolute atomic E-state index is 0.0438. The Balaban J connectivity index is 1.30. The largest absolute Gasteiger partial charge is 0.454 e. The first-order chi connectivity index (χ1) is 12.7. The SMILES string of the molecule is O=C(CC1COCCN1)N1CCN(C(=O)c2ccc3c(c2)OCO3)CC1. The molecule has 8 nitrogen and oxygen atoms in total. The van der Waals surface area contributed by atoms with Gasteiger partial charge in [-0.1, -0.05) is 0 Å². The molecule has 0 aliphatic carbocycles. The van der Waals surface area contributed by atoms with E-state index in [1.54, 1.807) is 23.1 Å². The Bertz CT molecular complexity index is 681. The van der Waals surface area contributed by atoms with Crippen LogP contribution in [0.2, 0.25) is 0 Å². The van der Waals surface area contributed by atoms with Gasteiger partial charge in [0.1, 0.15) is 0 Å². The highest BCUT2D eigenvalue weighted by molar-refractivity contribution is 5.95. The molecule has 0 aromatic heterocycles.